The molecular formula is C8H12N2O3. The fourth-order valence-corrected chi connectivity index (χ4v) is 0.637. The molecule has 1 N–H and O–H groups in total. The summed E-state index contributed by atoms with van der Waals surface area (Å²) in [7, 11) is 1.47. The number of rotatable bonds is 3. The van der Waals surface area contributed by atoms with Gasteiger partial charge >= 0.3 is 0 Å². The molecule has 0 saturated heterocycles. The Kier molecular flexibility index (Phi) is 2.67. The predicted octanol–water partition coefficient (Wildman–Crippen LogP) is 1.04. The van der Waals surface area contributed by atoms with Crippen LogP contribution in [0.5, 0.6) is 0 Å². The first-order valence-electron chi connectivity index (χ1n) is 3.83. The first-order chi connectivity index (χ1) is 6.06. The molecule has 1 heterocycles. The van der Waals surface area contributed by atoms with E-state index in [2.05, 4.69) is 15.0 Å². The number of ether oxygens (including phenoxy) is 1. The molecule has 1 amide bonds. The van der Waals surface area contributed by atoms with E-state index in [1.54, 1.807) is 19.9 Å². The largest absolute Gasteiger partial charge is 0.369 e. The van der Waals surface area contributed by atoms with Crippen LogP contribution in [0.1, 0.15) is 13.8 Å². The average molecular weight is 184 g/mol. The van der Waals surface area contributed by atoms with Crippen molar-refractivity contribution in [2.45, 2.75) is 19.4 Å². The van der Waals surface area contributed by atoms with E-state index in [9.17, 15) is 4.79 Å². The van der Waals surface area contributed by atoms with Crippen LogP contribution in [0, 0.1) is 0 Å². The van der Waals surface area contributed by atoms with Gasteiger partial charge in [0.1, 0.15) is 11.9 Å². The minimum atomic E-state index is -0.862. The summed E-state index contributed by atoms with van der Waals surface area (Å²) in [6.45, 7) is 3.34. The number of hydrogen-bond donors (Lipinski definition) is 1. The van der Waals surface area contributed by atoms with Gasteiger partial charge in [0, 0.05) is 13.2 Å². The molecule has 72 valence electrons. The van der Waals surface area contributed by atoms with Gasteiger partial charge in [-0.2, -0.15) is 0 Å². The normalized spacial score (nSPS) is 11.3. The Hall–Kier alpha value is -1.36. The highest BCUT2D eigenvalue weighted by atomic mass is 16.5. The number of hydrogen-bond acceptors (Lipinski definition) is 4. The third-order valence-electron chi connectivity index (χ3n) is 1.74. The topological polar surface area (TPSA) is 64.4 Å². The second kappa shape index (κ2) is 3.57. The van der Waals surface area contributed by atoms with Crippen molar-refractivity contribution in [1.82, 2.24) is 5.16 Å². The molecule has 0 unspecified atom stereocenters. The van der Waals surface area contributed by atoms with Crippen molar-refractivity contribution < 1.29 is 14.1 Å². The number of methoxy groups -OCH3 is 1. The molecule has 0 aliphatic carbocycles. The molecular weight excluding hydrogens is 172 g/mol. The molecule has 1 aromatic heterocycles. The standard InChI is InChI=1S/C8H12N2O3/c1-8(2,12-3)7(11)9-6-4-5-13-10-6/h4-5H,1-3H3,(H,9,10,11). The van der Waals surface area contributed by atoms with Gasteiger partial charge in [0.2, 0.25) is 0 Å². The number of amides is 1. The maximum absolute atomic E-state index is 11.4. The number of carbonyl (C=O) groups is 1. The highest BCUT2D eigenvalue weighted by Crippen LogP contribution is 2.11. The molecule has 0 aliphatic heterocycles. The zero-order valence-corrected chi connectivity index (χ0v) is 7.83. The Morgan fingerprint density at radius 1 is 1.69 bits per heavy atom. The summed E-state index contributed by atoms with van der Waals surface area (Å²) in [5.41, 5.74) is -0.862. The van der Waals surface area contributed by atoms with Crippen LogP contribution in [0.4, 0.5) is 5.82 Å². The zero-order valence-electron chi connectivity index (χ0n) is 7.83. The van der Waals surface area contributed by atoms with Crippen LogP contribution >= 0.6 is 0 Å². The van der Waals surface area contributed by atoms with Gasteiger partial charge in [-0.05, 0) is 13.8 Å². The van der Waals surface area contributed by atoms with Gasteiger partial charge < -0.3 is 14.6 Å². The fourth-order valence-electron chi connectivity index (χ4n) is 0.637. The molecule has 0 saturated carbocycles. The maximum Gasteiger partial charge on any atom is 0.257 e. The Morgan fingerprint density at radius 3 is 2.85 bits per heavy atom. The number of nitrogens with zero attached hydrogens (tertiary/aromatic N) is 1. The lowest BCUT2D eigenvalue weighted by Gasteiger charge is -2.20. The van der Waals surface area contributed by atoms with Gasteiger partial charge in [-0.15, -0.1) is 0 Å². The molecule has 0 bridgehead atoms. The molecule has 0 spiro atoms. The van der Waals surface area contributed by atoms with Crippen LogP contribution in [0.2, 0.25) is 0 Å². The Labute approximate surface area is 76.0 Å². The van der Waals surface area contributed by atoms with E-state index < -0.39 is 5.60 Å². The Morgan fingerprint density at radius 2 is 2.38 bits per heavy atom. The lowest BCUT2D eigenvalue weighted by Crippen LogP contribution is -2.38. The van der Waals surface area contributed by atoms with E-state index in [0.29, 0.717) is 5.82 Å². The molecule has 5 nitrogen and oxygen atoms in total. The molecule has 0 radical (unpaired) electrons. The summed E-state index contributed by atoms with van der Waals surface area (Å²) in [6.07, 6.45) is 1.38. The number of anilines is 1. The second-order valence-electron chi connectivity index (χ2n) is 3.05. The molecule has 1 rings (SSSR count). The molecule has 1 aromatic rings. The van der Waals surface area contributed by atoms with Crippen molar-refractivity contribution in [3.8, 4) is 0 Å². The summed E-state index contributed by atoms with van der Waals surface area (Å²) in [5, 5.41) is 6.09. The van der Waals surface area contributed by atoms with Crippen LogP contribution in [-0.2, 0) is 9.53 Å². The van der Waals surface area contributed by atoms with Crippen molar-refractivity contribution in [3.05, 3.63) is 12.3 Å². The van der Waals surface area contributed by atoms with E-state index in [0.717, 1.165) is 0 Å². The molecule has 0 fully saturated rings. The average Bonchev–Trinajstić information content (AvgIpc) is 2.57. The summed E-state index contributed by atoms with van der Waals surface area (Å²) >= 11 is 0. The molecule has 0 aromatic carbocycles. The summed E-state index contributed by atoms with van der Waals surface area (Å²) in [6, 6.07) is 1.56. The van der Waals surface area contributed by atoms with Crippen LogP contribution < -0.4 is 5.32 Å². The number of aromatic nitrogens is 1. The first-order valence-corrected chi connectivity index (χ1v) is 3.83. The van der Waals surface area contributed by atoms with E-state index in [1.807, 2.05) is 0 Å². The molecule has 5 heteroatoms. The monoisotopic (exact) mass is 184 g/mol. The summed E-state index contributed by atoms with van der Waals surface area (Å²) in [5.74, 6) is 0.124. The minimum absolute atomic E-state index is 0.260. The minimum Gasteiger partial charge on any atom is -0.369 e. The van der Waals surface area contributed by atoms with Crippen LogP contribution in [0.15, 0.2) is 16.9 Å². The third kappa shape index (κ3) is 2.29. The van der Waals surface area contributed by atoms with E-state index >= 15 is 0 Å². The van der Waals surface area contributed by atoms with Crippen molar-refractivity contribution in [2.75, 3.05) is 12.4 Å². The predicted molar refractivity (Wildman–Crippen MR) is 46.2 cm³/mol. The quantitative estimate of drug-likeness (QED) is 0.762. The van der Waals surface area contributed by atoms with Crippen LogP contribution in [0.3, 0.4) is 0 Å². The molecule has 13 heavy (non-hydrogen) atoms. The van der Waals surface area contributed by atoms with Crippen molar-refractivity contribution >= 4 is 11.7 Å². The lowest BCUT2D eigenvalue weighted by molar-refractivity contribution is -0.133. The number of carbonyl (C=O) groups excluding carboxylic acids is 1. The van der Waals surface area contributed by atoms with Gasteiger partial charge in [-0.25, -0.2) is 0 Å². The van der Waals surface area contributed by atoms with E-state index in [-0.39, 0.29) is 5.91 Å². The summed E-state index contributed by atoms with van der Waals surface area (Å²) in [4.78, 5) is 11.4. The SMILES string of the molecule is COC(C)(C)C(=O)Nc1ccon1. The summed E-state index contributed by atoms with van der Waals surface area (Å²) < 4.78 is 9.53. The number of nitrogens with one attached hydrogen (secondary N) is 1. The van der Waals surface area contributed by atoms with Crippen LogP contribution in [0.25, 0.3) is 0 Å². The van der Waals surface area contributed by atoms with Gasteiger partial charge in [0.25, 0.3) is 5.91 Å². The zero-order chi connectivity index (χ0) is 9.90. The van der Waals surface area contributed by atoms with Gasteiger partial charge in [0.15, 0.2) is 5.82 Å². The van der Waals surface area contributed by atoms with E-state index in [1.165, 1.54) is 13.4 Å². The van der Waals surface area contributed by atoms with Crippen molar-refractivity contribution in [1.29, 1.82) is 0 Å². The smallest absolute Gasteiger partial charge is 0.257 e. The highest BCUT2D eigenvalue weighted by molar-refractivity contribution is 5.95. The van der Waals surface area contributed by atoms with Crippen LogP contribution in [-0.4, -0.2) is 23.8 Å². The third-order valence-corrected chi connectivity index (χ3v) is 1.74. The maximum atomic E-state index is 11.4. The highest BCUT2D eigenvalue weighted by Gasteiger charge is 2.27. The first kappa shape index (κ1) is 9.73. The van der Waals surface area contributed by atoms with Gasteiger partial charge in [-0.1, -0.05) is 5.16 Å². The lowest BCUT2D eigenvalue weighted by atomic mass is 10.1. The van der Waals surface area contributed by atoms with Crippen molar-refractivity contribution in [3.63, 3.8) is 0 Å². The molecule has 0 atom stereocenters. The Balaban J connectivity index is 2.61. The van der Waals surface area contributed by atoms with E-state index in [4.69, 9.17) is 4.74 Å². The van der Waals surface area contributed by atoms with Gasteiger partial charge in [-0.3, -0.25) is 4.79 Å². The Bertz CT molecular complexity index is 280. The second-order valence-corrected chi connectivity index (χ2v) is 3.05. The fraction of sp³-hybridized carbons (Fsp3) is 0.500. The molecule has 0 aliphatic rings. The van der Waals surface area contributed by atoms with Crippen molar-refractivity contribution in [2.24, 2.45) is 0 Å². The van der Waals surface area contributed by atoms with Gasteiger partial charge in [0.05, 0.1) is 0 Å².